The second-order valence-electron chi connectivity index (χ2n) is 10.2. The number of benzene rings is 2. The first-order valence-electron chi connectivity index (χ1n) is 13.2. The third kappa shape index (κ3) is 5.32. The molecular weight excluding hydrogens is 492 g/mol. The minimum absolute atomic E-state index is 0.0329. The number of hydrogen-bond acceptors (Lipinski definition) is 6. The van der Waals surface area contributed by atoms with Crippen LogP contribution in [0.3, 0.4) is 0 Å². The number of H-pyrrole nitrogens is 1. The number of ether oxygens (including phenoxy) is 2. The van der Waals surface area contributed by atoms with Crippen LogP contribution in [-0.4, -0.2) is 47.6 Å². The first kappa shape index (κ1) is 26.3. The number of rotatable bonds is 7. The van der Waals surface area contributed by atoms with Gasteiger partial charge in [-0.1, -0.05) is 12.1 Å². The molecule has 0 atom stereocenters. The molecular formula is C31H34N4O4. The quantitative estimate of drug-likeness (QED) is 0.331. The van der Waals surface area contributed by atoms with Crippen LogP contribution in [0.25, 0.3) is 11.3 Å². The summed E-state index contributed by atoms with van der Waals surface area (Å²) in [7, 11) is 3.27. The summed E-state index contributed by atoms with van der Waals surface area (Å²) in [6, 6.07) is 15.2. The second kappa shape index (κ2) is 10.8. The number of hydrogen-bond donors (Lipinski definition) is 1. The fourth-order valence-corrected chi connectivity index (χ4v) is 5.51. The fourth-order valence-electron chi connectivity index (χ4n) is 5.51. The number of carbonyl (C=O) groups excluding carboxylic acids is 1. The van der Waals surface area contributed by atoms with Crippen LogP contribution < -0.4 is 20.1 Å². The molecule has 1 fully saturated rings. The molecule has 0 amide bonds. The van der Waals surface area contributed by atoms with E-state index in [-0.39, 0.29) is 17.5 Å². The lowest BCUT2D eigenvalue weighted by atomic mass is 9.98. The summed E-state index contributed by atoms with van der Waals surface area (Å²) in [5, 5.41) is 0. The Balaban J connectivity index is 1.32. The van der Waals surface area contributed by atoms with Crippen LogP contribution in [-0.2, 0) is 0 Å². The van der Waals surface area contributed by atoms with Gasteiger partial charge >= 0.3 is 5.69 Å². The Hall–Kier alpha value is -4.33. The van der Waals surface area contributed by atoms with E-state index in [1.165, 1.54) is 0 Å². The van der Waals surface area contributed by atoms with E-state index in [0.29, 0.717) is 11.1 Å². The number of aryl methyl sites for hydroxylation is 3. The zero-order valence-corrected chi connectivity index (χ0v) is 23.1. The minimum atomic E-state index is -0.113. The number of aromatic amines is 1. The van der Waals surface area contributed by atoms with Gasteiger partial charge in [-0.25, -0.2) is 9.78 Å². The maximum atomic E-state index is 13.4. The lowest BCUT2D eigenvalue weighted by molar-refractivity contribution is 0.103. The van der Waals surface area contributed by atoms with E-state index in [9.17, 15) is 9.59 Å². The average molecular weight is 527 g/mol. The Kier molecular flexibility index (Phi) is 7.28. The number of piperidine rings is 1. The molecule has 8 heteroatoms. The van der Waals surface area contributed by atoms with Crippen LogP contribution in [0.1, 0.15) is 51.6 Å². The predicted molar refractivity (Wildman–Crippen MR) is 152 cm³/mol. The van der Waals surface area contributed by atoms with Crippen molar-refractivity contribution in [2.75, 3.05) is 32.2 Å². The lowest BCUT2D eigenvalue weighted by Gasteiger charge is -2.33. The lowest BCUT2D eigenvalue weighted by Crippen LogP contribution is -2.37. The summed E-state index contributed by atoms with van der Waals surface area (Å²) >= 11 is 0. The number of ketones is 1. The van der Waals surface area contributed by atoms with E-state index < -0.39 is 0 Å². The summed E-state index contributed by atoms with van der Waals surface area (Å²) < 4.78 is 12.6. The standard InChI is InChI=1S/C31H34N4O4/c1-19-13-23(14-20(2)30(19)39-5)29(36)24-15-21(3)32-28(17-24)34-11-9-25(10-12-34)35-18-27(33-31(35)37)22-7-6-8-26(16-22)38-4/h6-8,13-18,25H,9-12H2,1-5H3,(H,33,37). The first-order chi connectivity index (χ1) is 18.8. The number of methoxy groups -OCH3 is 2. The fraction of sp³-hybridized carbons (Fsp3) is 0.323. The molecule has 0 spiro atoms. The molecule has 2 aromatic carbocycles. The summed E-state index contributed by atoms with van der Waals surface area (Å²) in [6.45, 7) is 7.29. The zero-order valence-electron chi connectivity index (χ0n) is 23.1. The van der Waals surface area contributed by atoms with Crippen molar-refractivity contribution in [3.8, 4) is 22.8 Å². The van der Waals surface area contributed by atoms with Gasteiger partial charge in [-0.2, -0.15) is 0 Å². The van der Waals surface area contributed by atoms with Gasteiger partial charge in [0.15, 0.2) is 5.78 Å². The van der Waals surface area contributed by atoms with Gasteiger partial charge in [0.05, 0.1) is 19.9 Å². The smallest absolute Gasteiger partial charge is 0.326 e. The van der Waals surface area contributed by atoms with E-state index in [4.69, 9.17) is 14.5 Å². The minimum Gasteiger partial charge on any atom is -0.497 e. The molecule has 2 aromatic heterocycles. The molecule has 1 aliphatic heterocycles. The number of aromatic nitrogens is 3. The molecule has 3 heterocycles. The van der Waals surface area contributed by atoms with Gasteiger partial charge in [-0.05, 0) is 81.1 Å². The van der Waals surface area contributed by atoms with Gasteiger partial charge in [0, 0.05) is 47.7 Å². The predicted octanol–water partition coefficient (Wildman–Crippen LogP) is 5.25. The van der Waals surface area contributed by atoms with Gasteiger partial charge in [-0.3, -0.25) is 9.36 Å². The van der Waals surface area contributed by atoms with Crippen LogP contribution in [0, 0.1) is 20.8 Å². The number of nitrogens with one attached hydrogen (secondary N) is 1. The van der Waals surface area contributed by atoms with E-state index in [2.05, 4.69) is 9.88 Å². The Morgan fingerprint density at radius 1 is 0.949 bits per heavy atom. The Morgan fingerprint density at radius 2 is 1.64 bits per heavy atom. The third-order valence-electron chi connectivity index (χ3n) is 7.44. The molecule has 0 bridgehead atoms. The Labute approximate surface area is 228 Å². The molecule has 1 aliphatic rings. The van der Waals surface area contributed by atoms with Crippen molar-refractivity contribution in [1.29, 1.82) is 0 Å². The van der Waals surface area contributed by atoms with Crippen LogP contribution >= 0.6 is 0 Å². The van der Waals surface area contributed by atoms with Crippen LogP contribution in [0.2, 0.25) is 0 Å². The maximum absolute atomic E-state index is 13.4. The van der Waals surface area contributed by atoms with E-state index in [0.717, 1.165) is 71.3 Å². The van der Waals surface area contributed by atoms with Crippen LogP contribution in [0.4, 0.5) is 5.82 Å². The van der Waals surface area contributed by atoms with Crippen molar-refractivity contribution >= 4 is 11.6 Å². The monoisotopic (exact) mass is 526 g/mol. The summed E-state index contributed by atoms with van der Waals surface area (Å²) in [5.74, 6) is 2.31. The van der Waals surface area contributed by atoms with E-state index in [1.807, 2.05) is 75.5 Å². The molecule has 4 aromatic rings. The number of pyridine rings is 1. The average Bonchev–Trinajstić information content (AvgIpc) is 3.33. The molecule has 5 rings (SSSR count). The van der Waals surface area contributed by atoms with Crippen LogP contribution in [0.15, 0.2) is 59.5 Å². The van der Waals surface area contributed by atoms with Gasteiger partial charge in [0.1, 0.15) is 17.3 Å². The number of anilines is 1. The summed E-state index contributed by atoms with van der Waals surface area (Å²) in [5.41, 5.74) is 5.49. The molecule has 0 radical (unpaired) electrons. The molecule has 1 N–H and O–H groups in total. The zero-order chi connectivity index (χ0) is 27.7. The second-order valence-corrected chi connectivity index (χ2v) is 10.2. The molecule has 39 heavy (non-hydrogen) atoms. The Morgan fingerprint density at radius 3 is 2.31 bits per heavy atom. The van der Waals surface area contributed by atoms with Crippen molar-refractivity contribution < 1.29 is 14.3 Å². The van der Waals surface area contributed by atoms with Crippen molar-refractivity contribution in [2.24, 2.45) is 0 Å². The third-order valence-corrected chi connectivity index (χ3v) is 7.44. The number of nitrogens with zero attached hydrogens (tertiary/aromatic N) is 3. The molecule has 0 saturated carbocycles. The SMILES string of the molecule is COc1cccc(-c2cn(C3CCN(c4cc(C(=O)c5cc(C)c(OC)c(C)c5)cc(C)n4)CC3)c(=O)[nH]2)c1. The first-order valence-corrected chi connectivity index (χ1v) is 13.2. The van der Waals surface area contributed by atoms with Crippen molar-refractivity contribution in [3.63, 3.8) is 0 Å². The topological polar surface area (TPSA) is 89.4 Å². The van der Waals surface area contributed by atoms with E-state index >= 15 is 0 Å². The van der Waals surface area contributed by atoms with Crippen molar-refractivity contribution in [1.82, 2.24) is 14.5 Å². The number of imidazole rings is 1. The normalized spacial score (nSPS) is 13.9. The molecule has 202 valence electrons. The highest BCUT2D eigenvalue weighted by atomic mass is 16.5. The van der Waals surface area contributed by atoms with Gasteiger partial charge in [0.2, 0.25) is 0 Å². The molecule has 8 nitrogen and oxygen atoms in total. The van der Waals surface area contributed by atoms with E-state index in [1.54, 1.807) is 18.8 Å². The van der Waals surface area contributed by atoms with Crippen molar-refractivity contribution in [3.05, 3.63) is 93.2 Å². The van der Waals surface area contributed by atoms with Crippen LogP contribution in [0.5, 0.6) is 11.5 Å². The Bertz CT molecular complexity index is 1550. The number of carbonyl (C=O) groups is 1. The highest BCUT2D eigenvalue weighted by molar-refractivity contribution is 6.09. The molecule has 1 saturated heterocycles. The van der Waals surface area contributed by atoms with Gasteiger partial charge in [0.25, 0.3) is 0 Å². The summed E-state index contributed by atoms with van der Waals surface area (Å²) in [6.07, 6.45) is 3.49. The summed E-state index contributed by atoms with van der Waals surface area (Å²) in [4.78, 5) is 36.2. The maximum Gasteiger partial charge on any atom is 0.326 e. The highest BCUT2D eigenvalue weighted by Crippen LogP contribution is 2.29. The molecule has 0 aliphatic carbocycles. The molecule has 0 unspecified atom stereocenters. The van der Waals surface area contributed by atoms with Crippen molar-refractivity contribution in [2.45, 2.75) is 39.7 Å². The van der Waals surface area contributed by atoms with Gasteiger partial charge in [-0.15, -0.1) is 0 Å². The highest BCUT2D eigenvalue weighted by Gasteiger charge is 2.24. The van der Waals surface area contributed by atoms with Gasteiger partial charge < -0.3 is 19.4 Å². The largest absolute Gasteiger partial charge is 0.497 e.